The number of hydrogen-bond acceptors (Lipinski definition) is 2. The molecule has 0 fully saturated rings. The lowest BCUT2D eigenvalue weighted by Crippen LogP contribution is -2.30. The van der Waals surface area contributed by atoms with Crippen LogP contribution in [-0.2, 0) is 17.8 Å². The summed E-state index contributed by atoms with van der Waals surface area (Å²) in [4.78, 5) is 10.9. The molecule has 62 valence electrons. The molecule has 1 aromatic carbocycles. The monoisotopic (exact) mass is 163 g/mol. The van der Waals surface area contributed by atoms with Gasteiger partial charge in [-0.2, -0.15) is 0 Å². The van der Waals surface area contributed by atoms with E-state index in [9.17, 15) is 4.79 Å². The second-order valence-electron chi connectivity index (χ2n) is 2.91. The van der Waals surface area contributed by atoms with Crippen LogP contribution in [0, 0.1) is 0 Å². The molecular weight excluding hydrogens is 154 g/mol. The summed E-state index contributed by atoms with van der Waals surface area (Å²) in [6, 6.07) is 5.09. The lowest BCUT2D eigenvalue weighted by Gasteiger charge is -2.16. The Bertz CT molecular complexity index is 333. The van der Waals surface area contributed by atoms with Gasteiger partial charge in [0.2, 0.25) is 5.91 Å². The zero-order valence-corrected chi connectivity index (χ0v) is 6.50. The smallest absolute Gasteiger partial charge is 0.224 e. The number of fused-ring (bicyclic) bond motifs is 1. The van der Waals surface area contributed by atoms with Crippen LogP contribution in [0.25, 0.3) is 0 Å². The molecule has 0 aliphatic carbocycles. The van der Waals surface area contributed by atoms with Gasteiger partial charge in [-0.15, -0.1) is 0 Å². The first-order valence-corrected chi connectivity index (χ1v) is 3.83. The summed E-state index contributed by atoms with van der Waals surface area (Å²) in [6.07, 6.45) is 0.426. The zero-order chi connectivity index (χ0) is 8.55. The molecular formula is C9H9NO2. The van der Waals surface area contributed by atoms with E-state index < -0.39 is 0 Å². The third kappa shape index (κ3) is 1.13. The molecule has 1 aliphatic heterocycles. The van der Waals surface area contributed by atoms with Crippen molar-refractivity contribution in [3.63, 3.8) is 0 Å². The fraction of sp³-hybridized carbons (Fsp3) is 0.222. The Kier molecular flexibility index (Phi) is 1.50. The molecule has 1 amide bonds. The Morgan fingerprint density at radius 1 is 1.33 bits per heavy atom. The minimum absolute atomic E-state index is 0.0492. The van der Waals surface area contributed by atoms with Gasteiger partial charge in [-0.1, -0.05) is 6.07 Å². The molecule has 0 saturated carbocycles. The summed E-state index contributed by atoms with van der Waals surface area (Å²) in [5, 5.41) is 11.9. The molecule has 0 bridgehead atoms. The number of nitrogens with one attached hydrogen (secondary N) is 1. The van der Waals surface area contributed by atoms with E-state index in [0.29, 0.717) is 13.0 Å². The molecule has 0 saturated heterocycles. The maximum absolute atomic E-state index is 10.9. The fourth-order valence-corrected chi connectivity index (χ4v) is 1.38. The summed E-state index contributed by atoms with van der Waals surface area (Å²) in [6.45, 7) is 0.530. The van der Waals surface area contributed by atoms with Crippen LogP contribution in [0.1, 0.15) is 11.1 Å². The Labute approximate surface area is 70.0 Å². The van der Waals surface area contributed by atoms with Crippen LogP contribution >= 0.6 is 0 Å². The van der Waals surface area contributed by atoms with Crippen molar-refractivity contribution in [3.05, 3.63) is 29.3 Å². The van der Waals surface area contributed by atoms with Crippen molar-refractivity contribution >= 4 is 5.91 Å². The number of phenolic OH excluding ortho intramolecular Hbond substituents is 1. The summed E-state index contributed by atoms with van der Waals surface area (Å²) in [5.41, 5.74) is 2.02. The van der Waals surface area contributed by atoms with Gasteiger partial charge in [-0.05, 0) is 23.3 Å². The lowest BCUT2D eigenvalue weighted by atomic mass is 10.0. The first-order valence-electron chi connectivity index (χ1n) is 3.83. The number of carbonyl (C=O) groups excluding carboxylic acids is 1. The molecule has 0 unspecified atom stereocenters. The van der Waals surface area contributed by atoms with Crippen molar-refractivity contribution in [2.45, 2.75) is 13.0 Å². The number of benzene rings is 1. The Morgan fingerprint density at radius 3 is 3.00 bits per heavy atom. The summed E-state index contributed by atoms with van der Waals surface area (Å²) in [7, 11) is 0. The highest BCUT2D eigenvalue weighted by molar-refractivity contribution is 5.80. The van der Waals surface area contributed by atoms with Crippen LogP contribution < -0.4 is 5.32 Å². The van der Waals surface area contributed by atoms with Crippen LogP contribution in [0.3, 0.4) is 0 Å². The van der Waals surface area contributed by atoms with Crippen molar-refractivity contribution in [3.8, 4) is 5.75 Å². The minimum Gasteiger partial charge on any atom is -0.508 e. The van der Waals surface area contributed by atoms with Gasteiger partial charge >= 0.3 is 0 Å². The quantitative estimate of drug-likeness (QED) is 0.587. The average molecular weight is 163 g/mol. The van der Waals surface area contributed by atoms with Crippen LogP contribution in [-0.4, -0.2) is 11.0 Å². The molecule has 0 atom stereocenters. The largest absolute Gasteiger partial charge is 0.508 e. The fourth-order valence-electron chi connectivity index (χ4n) is 1.38. The third-order valence-electron chi connectivity index (χ3n) is 2.02. The number of rotatable bonds is 0. The molecule has 0 radical (unpaired) electrons. The van der Waals surface area contributed by atoms with Gasteiger partial charge in [-0.3, -0.25) is 4.79 Å². The first kappa shape index (κ1) is 7.16. The highest BCUT2D eigenvalue weighted by Crippen LogP contribution is 2.19. The first-order chi connectivity index (χ1) is 5.75. The second-order valence-corrected chi connectivity index (χ2v) is 2.91. The molecule has 0 aromatic heterocycles. The average Bonchev–Trinajstić information content (AvgIpc) is 2.05. The van der Waals surface area contributed by atoms with Crippen molar-refractivity contribution in [1.82, 2.24) is 5.32 Å². The normalized spacial score (nSPS) is 15.2. The van der Waals surface area contributed by atoms with Gasteiger partial charge in [-0.25, -0.2) is 0 Å². The van der Waals surface area contributed by atoms with Crippen molar-refractivity contribution in [2.75, 3.05) is 0 Å². The maximum Gasteiger partial charge on any atom is 0.224 e. The molecule has 0 spiro atoms. The van der Waals surface area contributed by atoms with Gasteiger partial charge in [0.05, 0.1) is 6.42 Å². The molecule has 12 heavy (non-hydrogen) atoms. The van der Waals surface area contributed by atoms with E-state index in [2.05, 4.69) is 5.32 Å². The number of hydrogen-bond donors (Lipinski definition) is 2. The van der Waals surface area contributed by atoms with E-state index in [1.165, 1.54) is 0 Å². The molecule has 3 nitrogen and oxygen atoms in total. The molecule has 1 aromatic rings. The highest BCUT2D eigenvalue weighted by atomic mass is 16.3. The van der Waals surface area contributed by atoms with E-state index in [1.807, 2.05) is 0 Å². The Morgan fingerprint density at radius 2 is 2.17 bits per heavy atom. The second kappa shape index (κ2) is 2.52. The van der Waals surface area contributed by atoms with Crippen LogP contribution in [0.2, 0.25) is 0 Å². The minimum atomic E-state index is 0.0492. The summed E-state index contributed by atoms with van der Waals surface area (Å²) < 4.78 is 0. The van der Waals surface area contributed by atoms with Gasteiger partial charge in [0.25, 0.3) is 0 Å². The van der Waals surface area contributed by atoms with E-state index in [1.54, 1.807) is 18.2 Å². The summed E-state index contributed by atoms with van der Waals surface area (Å²) >= 11 is 0. The molecule has 1 heterocycles. The molecule has 1 aliphatic rings. The van der Waals surface area contributed by atoms with E-state index in [4.69, 9.17) is 5.11 Å². The Hall–Kier alpha value is -1.51. The predicted molar refractivity (Wildman–Crippen MR) is 43.7 cm³/mol. The van der Waals surface area contributed by atoms with Crippen molar-refractivity contribution < 1.29 is 9.90 Å². The van der Waals surface area contributed by atoms with E-state index >= 15 is 0 Å². The highest BCUT2D eigenvalue weighted by Gasteiger charge is 2.14. The van der Waals surface area contributed by atoms with Gasteiger partial charge in [0, 0.05) is 6.54 Å². The number of carbonyl (C=O) groups is 1. The topological polar surface area (TPSA) is 49.3 Å². The van der Waals surface area contributed by atoms with Crippen molar-refractivity contribution in [2.24, 2.45) is 0 Å². The number of phenols is 1. The van der Waals surface area contributed by atoms with Crippen molar-refractivity contribution in [1.29, 1.82) is 0 Å². The predicted octanol–water partition coefficient (Wildman–Crippen LogP) is 0.565. The lowest BCUT2D eigenvalue weighted by molar-refractivity contribution is -0.121. The summed E-state index contributed by atoms with van der Waals surface area (Å²) in [5.74, 6) is 0.304. The van der Waals surface area contributed by atoms with Crippen LogP contribution in [0.5, 0.6) is 5.75 Å². The SMILES string of the molecule is O=C1Cc2ccc(O)cc2CN1. The van der Waals surface area contributed by atoms with Gasteiger partial charge < -0.3 is 10.4 Å². The Balaban J connectivity index is 2.43. The van der Waals surface area contributed by atoms with Crippen LogP contribution in [0.15, 0.2) is 18.2 Å². The zero-order valence-electron chi connectivity index (χ0n) is 6.50. The maximum atomic E-state index is 10.9. The standard InChI is InChI=1S/C9H9NO2/c11-8-2-1-6-4-9(12)10-5-7(6)3-8/h1-3,11H,4-5H2,(H,10,12). The number of aromatic hydroxyl groups is 1. The molecule has 2 rings (SSSR count). The third-order valence-corrected chi connectivity index (χ3v) is 2.02. The van der Waals surface area contributed by atoms with Gasteiger partial charge in [0.15, 0.2) is 0 Å². The van der Waals surface area contributed by atoms with E-state index in [0.717, 1.165) is 11.1 Å². The van der Waals surface area contributed by atoms with Crippen LogP contribution in [0.4, 0.5) is 0 Å². The molecule has 3 heteroatoms. The van der Waals surface area contributed by atoms with E-state index in [-0.39, 0.29) is 11.7 Å². The van der Waals surface area contributed by atoms with Gasteiger partial charge in [0.1, 0.15) is 5.75 Å². The number of amides is 1. The molecule has 2 N–H and O–H groups in total.